The standard InChI is InChI=1S/C23H26F2O5S/c1-4-23(24,25)31(27,28)30-20-10-9-19-18-8-5-14-13-15(21(26)29-3)6-7-16(14)17(18)11-12-22(19,20)2/h4,6-7,10,13,17-19H,1,5,8-9,11-12H2,2-3H3/t17-,18-,19+,22+/m1/s1. The van der Waals surface area contributed by atoms with E-state index >= 15 is 0 Å². The minimum atomic E-state index is -5.14. The van der Waals surface area contributed by atoms with Crippen molar-refractivity contribution in [2.45, 2.75) is 50.2 Å². The van der Waals surface area contributed by atoms with Crippen molar-refractivity contribution in [1.29, 1.82) is 0 Å². The largest absolute Gasteiger partial charge is 0.465 e. The molecule has 0 saturated heterocycles. The smallest absolute Gasteiger partial charge is 0.398 e. The summed E-state index contributed by atoms with van der Waals surface area (Å²) in [6.45, 7) is 4.83. The summed E-state index contributed by atoms with van der Waals surface area (Å²) < 4.78 is 61.6. The molecule has 0 aromatic heterocycles. The highest BCUT2D eigenvalue weighted by molar-refractivity contribution is 7.88. The Balaban J connectivity index is 1.58. The highest BCUT2D eigenvalue weighted by atomic mass is 32.2. The zero-order valence-electron chi connectivity index (χ0n) is 17.6. The number of hydrogen-bond donors (Lipinski definition) is 0. The molecule has 4 rings (SSSR count). The minimum Gasteiger partial charge on any atom is -0.465 e. The van der Waals surface area contributed by atoms with Crippen LogP contribution in [0.1, 0.15) is 60.0 Å². The molecule has 0 N–H and O–H groups in total. The number of rotatable bonds is 5. The van der Waals surface area contributed by atoms with Gasteiger partial charge in [0, 0.05) is 5.41 Å². The van der Waals surface area contributed by atoms with Crippen LogP contribution in [0.15, 0.2) is 42.7 Å². The molecule has 0 radical (unpaired) electrons. The summed E-state index contributed by atoms with van der Waals surface area (Å²) in [5.74, 6) is 0.453. The second-order valence-electron chi connectivity index (χ2n) is 8.88. The van der Waals surface area contributed by atoms with Crippen LogP contribution in [0.25, 0.3) is 0 Å². The number of esters is 1. The maximum atomic E-state index is 13.8. The van der Waals surface area contributed by atoms with Gasteiger partial charge in [-0.25, -0.2) is 4.79 Å². The maximum absolute atomic E-state index is 13.8. The van der Waals surface area contributed by atoms with Crippen molar-refractivity contribution >= 4 is 16.1 Å². The van der Waals surface area contributed by atoms with Crippen LogP contribution in [0.4, 0.5) is 8.78 Å². The van der Waals surface area contributed by atoms with E-state index in [-0.39, 0.29) is 35.6 Å². The predicted molar refractivity (Wildman–Crippen MR) is 111 cm³/mol. The predicted octanol–water partition coefficient (Wildman–Crippen LogP) is 4.95. The van der Waals surface area contributed by atoms with E-state index in [0.29, 0.717) is 18.4 Å². The van der Waals surface area contributed by atoms with Crippen molar-refractivity contribution in [2.75, 3.05) is 7.11 Å². The summed E-state index contributed by atoms with van der Waals surface area (Å²) in [7, 11) is -3.78. The van der Waals surface area contributed by atoms with Crippen LogP contribution in [0.3, 0.4) is 0 Å². The Kier molecular flexibility index (Phi) is 5.27. The van der Waals surface area contributed by atoms with E-state index < -0.39 is 20.8 Å². The van der Waals surface area contributed by atoms with Crippen molar-refractivity contribution in [3.05, 3.63) is 59.4 Å². The van der Waals surface area contributed by atoms with E-state index in [1.165, 1.54) is 12.7 Å². The average molecular weight is 453 g/mol. The van der Waals surface area contributed by atoms with Crippen LogP contribution in [0, 0.1) is 17.3 Å². The van der Waals surface area contributed by atoms with E-state index in [9.17, 15) is 22.0 Å². The number of allylic oxidation sites excluding steroid dienone is 2. The van der Waals surface area contributed by atoms with Crippen molar-refractivity contribution < 1.29 is 30.9 Å². The van der Waals surface area contributed by atoms with Crippen LogP contribution in [-0.4, -0.2) is 26.8 Å². The number of hydrogen-bond acceptors (Lipinski definition) is 5. The van der Waals surface area contributed by atoms with Gasteiger partial charge < -0.3 is 8.92 Å². The fourth-order valence-electron chi connectivity index (χ4n) is 5.76. The van der Waals surface area contributed by atoms with E-state index in [1.807, 2.05) is 19.1 Å². The van der Waals surface area contributed by atoms with Gasteiger partial charge in [-0.1, -0.05) is 19.6 Å². The summed E-state index contributed by atoms with van der Waals surface area (Å²) in [6.07, 6.45) is 5.47. The second kappa shape index (κ2) is 7.43. The summed E-state index contributed by atoms with van der Waals surface area (Å²) in [5.41, 5.74) is 2.29. The lowest BCUT2D eigenvalue weighted by Crippen LogP contribution is -2.42. The van der Waals surface area contributed by atoms with Gasteiger partial charge >= 0.3 is 21.3 Å². The highest BCUT2D eigenvalue weighted by Crippen LogP contribution is 2.61. The maximum Gasteiger partial charge on any atom is 0.398 e. The van der Waals surface area contributed by atoms with Gasteiger partial charge in [-0.15, -0.1) is 0 Å². The number of carbonyl (C=O) groups is 1. The van der Waals surface area contributed by atoms with E-state index in [4.69, 9.17) is 8.92 Å². The fourth-order valence-corrected chi connectivity index (χ4v) is 6.57. The first kappa shape index (κ1) is 22.0. The van der Waals surface area contributed by atoms with Crippen LogP contribution in [-0.2, 0) is 25.5 Å². The first-order valence-corrected chi connectivity index (χ1v) is 11.8. The lowest BCUT2D eigenvalue weighted by molar-refractivity contribution is 0.0482. The summed E-state index contributed by atoms with van der Waals surface area (Å²) >= 11 is 0. The molecular formula is C23H26F2O5S. The van der Waals surface area contributed by atoms with E-state index in [2.05, 4.69) is 6.58 Å². The molecular weight excluding hydrogens is 426 g/mol. The molecule has 0 amide bonds. The fraction of sp³-hybridized carbons (Fsp3) is 0.522. The lowest BCUT2D eigenvalue weighted by atomic mass is 9.55. The number of carbonyl (C=O) groups excluding carboxylic acids is 1. The zero-order valence-corrected chi connectivity index (χ0v) is 18.4. The molecule has 0 aliphatic heterocycles. The molecule has 0 unspecified atom stereocenters. The van der Waals surface area contributed by atoms with Gasteiger partial charge in [0.2, 0.25) is 0 Å². The molecule has 3 aliphatic carbocycles. The Morgan fingerprint density at radius 1 is 1.32 bits per heavy atom. The molecule has 0 spiro atoms. The minimum absolute atomic E-state index is 0.0925. The van der Waals surface area contributed by atoms with Crippen LogP contribution >= 0.6 is 0 Å². The van der Waals surface area contributed by atoms with Crippen molar-refractivity contribution in [1.82, 2.24) is 0 Å². The van der Waals surface area contributed by atoms with Gasteiger partial charge in [0.1, 0.15) is 5.76 Å². The van der Waals surface area contributed by atoms with Gasteiger partial charge in [0.05, 0.1) is 12.7 Å². The molecule has 3 aliphatic rings. The summed E-state index contributed by atoms with van der Waals surface area (Å²) in [5, 5.41) is -4.14. The first-order valence-electron chi connectivity index (χ1n) is 10.4. The Bertz CT molecular complexity index is 1060. The number of ether oxygens (including phenoxy) is 1. The number of methoxy groups -OCH3 is 1. The SMILES string of the molecule is C=CC(F)(F)S(=O)(=O)OC1=CC[C@H]2[C@@H]3CCc4cc(C(=O)OC)ccc4[C@H]3CC[C@]12C. The summed E-state index contributed by atoms with van der Waals surface area (Å²) in [4.78, 5) is 11.9. The number of alkyl halides is 2. The lowest BCUT2D eigenvalue weighted by Gasteiger charge is -2.49. The topological polar surface area (TPSA) is 69.7 Å². The van der Waals surface area contributed by atoms with Gasteiger partial charge in [-0.3, -0.25) is 0 Å². The number of halogens is 2. The Morgan fingerprint density at radius 3 is 2.74 bits per heavy atom. The van der Waals surface area contributed by atoms with Crippen LogP contribution < -0.4 is 0 Å². The first-order chi connectivity index (χ1) is 14.5. The van der Waals surface area contributed by atoms with Crippen LogP contribution in [0.5, 0.6) is 0 Å². The quantitative estimate of drug-likeness (QED) is 0.359. The molecule has 8 heteroatoms. The molecule has 168 valence electrons. The van der Waals surface area contributed by atoms with Crippen molar-refractivity contribution in [3.63, 3.8) is 0 Å². The van der Waals surface area contributed by atoms with Gasteiger partial charge in [-0.05, 0) is 85.3 Å². The highest BCUT2D eigenvalue weighted by Gasteiger charge is 2.55. The molecule has 0 heterocycles. The molecule has 1 aromatic rings. The Morgan fingerprint density at radius 2 is 2.06 bits per heavy atom. The Labute approximate surface area is 181 Å². The molecule has 31 heavy (non-hydrogen) atoms. The second-order valence-corrected chi connectivity index (χ2v) is 10.5. The monoisotopic (exact) mass is 452 g/mol. The molecule has 4 atom stereocenters. The molecule has 0 bridgehead atoms. The molecule has 1 fully saturated rings. The van der Waals surface area contributed by atoms with Crippen molar-refractivity contribution in [3.8, 4) is 0 Å². The van der Waals surface area contributed by atoms with E-state index in [0.717, 1.165) is 24.8 Å². The number of benzene rings is 1. The molecule has 1 aromatic carbocycles. The Hall–Kier alpha value is -2.22. The van der Waals surface area contributed by atoms with Gasteiger partial charge in [-0.2, -0.15) is 17.2 Å². The van der Waals surface area contributed by atoms with E-state index in [1.54, 1.807) is 12.1 Å². The van der Waals surface area contributed by atoms with Crippen molar-refractivity contribution in [2.24, 2.45) is 17.3 Å². The molecule has 1 saturated carbocycles. The summed E-state index contributed by atoms with van der Waals surface area (Å²) in [6, 6.07) is 5.68. The third-order valence-corrected chi connectivity index (χ3v) is 8.66. The number of aryl methyl sites for hydroxylation is 1. The third-order valence-electron chi connectivity index (χ3n) is 7.43. The third kappa shape index (κ3) is 3.39. The average Bonchev–Trinajstić information content (AvgIpc) is 3.08. The van der Waals surface area contributed by atoms with Gasteiger partial charge in [0.25, 0.3) is 0 Å². The normalized spacial score (nSPS) is 29.8. The van der Waals surface area contributed by atoms with Gasteiger partial charge in [0.15, 0.2) is 0 Å². The molecule has 5 nitrogen and oxygen atoms in total. The zero-order chi connectivity index (χ0) is 22.6. The number of fused-ring (bicyclic) bond motifs is 5. The van der Waals surface area contributed by atoms with Crippen LogP contribution in [0.2, 0.25) is 0 Å².